The van der Waals surface area contributed by atoms with Crippen LogP contribution in [-0.2, 0) is 0 Å². The lowest BCUT2D eigenvalue weighted by Gasteiger charge is -2.31. The predicted molar refractivity (Wildman–Crippen MR) is 78.5 cm³/mol. The second-order valence-corrected chi connectivity index (χ2v) is 5.89. The number of rotatable bonds is 2. The third-order valence-corrected chi connectivity index (χ3v) is 3.97. The molecule has 0 N–H and O–H groups in total. The number of nitrogens with zero attached hydrogens (tertiary/aromatic N) is 2. The van der Waals surface area contributed by atoms with Gasteiger partial charge in [-0.3, -0.25) is 4.79 Å². The molecule has 0 radical (unpaired) electrons. The molecule has 1 aliphatic rings. The second kappa shape index (κ2) is 5.85. The predicted octanol–water partition coefficient (Wildman–Crippen LogP) is 2.79. The lowest BCUT2D eigenvalue weighted by Crippen LogP contribution is -2.38. The summed E-state index contributed by atoms with van der Waals surface area (Å²) in [6.07, 6.45) is 2.08. The molecule has 1 fully saturated rings. The first kappa shape index (κ1) is 13.6. The van der Waals surface area contributed by atoms with Crippen molar-refractivity contribution >= 4 is 27.9 Å². The number of hydrogen-bond donors (Lipinski definition) is 0. The summed E-state index contributed by atoms with van der Waals surface area (Å²) >= 11 is 3.42. The van der Waals surface area contributed by atoms with Crippen molar-refractivity contribution in [2.75, 3.05) is 31.6 Å². The molecule has 0 bridgehead atoms. The van der Waals surface area contributed by atoms with Gasteiger partial charge in [-0.1, -0.05) is 15.9 Å². The number of anilines is 1. The number of halogens is 1. The number of benzene rings is 1. The number of aldehydes is 1. The van der Waals surface area contributed by atoms with Crippen molar-refractivity contribution in [3.63, 3.8) is 0 Å². The van der Waals surface area contributed by atoms with Crippen molar-refractivity contribution < 1.29 is 4.79 Å². The number of carbonyl (C=O) groups is 1. The van der Waals surface area contributed by atoms with Gasteiger partial charge in [-0.2, -0.15) is 0 Å². The zero-order chi connectivity index (χ0) is 13.1. The Kier molecular flexibility index (Phi) is 4.40. The first-order chi connectivity index (χ1) is 8.61. The first-order valence-electron chi connectivity index (χ1n) is 6.31. The monoisotopic (exact) mass is 310 g/mol. The fourth-order valence-electron chi connectivity index (χ4n) is 2.61. The Morgan fingerprint density at radius 1 is 1.39 bits per heavy atom. The maximum atomic E-state index is 11.2. The van der Waals surface area contributed by atoms with Gasteiger partial charge in [0.15, 0.2) is 6.29 Å². The van der Waals surface area contributed by atoms with E-state index in [9.17, 15) is 4.79 Å². The van der Waals surface area contributed by atoms with Gasteiger partial charge in [0, 0.05) is 34.9 Å². The summed E-state index contributed by atoms with van der Waals surface area (Å²) in [6.45, 7) is 5.38. The Labute approximate surface area is 117 Å². The van der Waals surface area contributed by atoms with Gasteiger partial charge in [-0.15, -0.1) is 0 Å². The Morgan fingerprint density at radius 3 is 2.89 bits per heavy atom. The highest BCUT2D eigenvalue weighted by Crippen LogP contribution is 2.26. The Balaban J connectivity index is 2.32. The van der Waals surface area contributed by atoms with Crippen LogP contribution in [0.3, 0.4) is 0 Å². The molecular formula is C14H19BrN2O. The molecule has 1 atom stereocenters. The number of likely N-dealkylation sites (N-methyl/N-ethyl adjacent to an activating group) is 1. The van der Waals surface area contributed by atoms with Gasteiger partial charge in [0.1, 0.15) is 0 Å². The lowest BCUT2D eigenvalue weighted by molar-refractivity contribution is 0.112. The summed E-state index contributed by atoms with van der Waals surface area (Å²) in [5.74, 6) is 0. The van der Waals surface area contributed by atoms with Crippen molar-refractivity contribution in [2.24, 2.45) is 0 Å². The van der Waals surface area contributed by atoms with E-state index in [1.807, 2.05) is 18.2 Å². The maximum Gasteiger partial charge on any atom is 0.152 e. The van der Waals surface area contributed by atoms with E-state index in [-0.39, 0.29) is 0 Å². The van der Waals surface area contributed by atoms with E-state index in [2.05, 4.69) is 39.7 Å². The van der Waals surface area contributed by atoms with Crippen LogP contribution >= 0.6 is 15.9 Å². The van der Waals surface area contributed by atoms with Crippen LogP contribution < -0.4 is 4.90 Å². The van der Waals surface area contributed by atoms with E-state index in [0.29, 0.717) is 6.04 Å². The molecule has 0 amide bonds. The first-order valence-corrected chi connectivity index (χ1v) is 7.11. The molecule has 1 aromatic carbocycles. The van der Waals surface area contributed by atoms with Crippen molar-refractivity contribution in [2.45, 2.75) is 19.4 Å². The van der Waals surface area contributed by atoms with Crippen molar-refractivity contribution in [1.29, 1.82) is 0 Å². The zero-order valence-electron chi connectivity index (χ0n) is 10.9. The summed E-state index contributed by atoms with van der Waals surface area (Å²) in [4.78, 5) is 15.9. The summed E-state index contributed by atoms with van der Waals surface area (Å²) in [7, 11) is 2.15. The topological polar surface area (TPSA) is 23.6 Å². The quantitative estimate of drug-likeness (QED) is 0.785. The van der Waals surface area contributed by atoms with Crippen LogP contribution in [-0.4, -0.2) is 43.9 Å². The Hall–Kier alpha value is -0.870. The van der Waals surface area contributed by atoms with Crippen LogP contribution in [0, 0.1) is 0 Å². The van der Waals surface area contributed by atoms with Gasteiger partial charge in [-0.05, 0) is 45.1 Å². The number of hydrogen-bond acceptors (Lipinski definition) is 3. The minimum absolute atomic E-state index is 0.428. The van der Waals surface area contributed by atoms with Crippen LogP contribution in [0.25, 0.3) is 0 Å². The van der Waals surface area contributed by atoms with E-state index in [4.69, 9.17) is 0 Å². The van der Waals surface area contributed by atoms with Gasteiger partial charge in [-0.25, -0.2) is 0 Å². The highest BCUT2D eigenvalue weighted by molar-refractivity contribution is 9.10. The van der Waals surface area contributed by atoms with Crippen molar-refractivity contribution in [3.8, 4) is 0 Å². The maximum absolute atomic E-state index is 11.2. The van der Waals surface area contributed by atoms with Gasteiger partial charge in [0.25, 0.3) is 0 Å². The smallest absolute Gasteiger partial charge is 0.152 e. The molecule has 0 aromatic heterocycles. The van der Waals surface area contributed by atoms with E-state index < -0.39 is 0 Å². The van der Waals surface area contributed by atoms with Crippen LogP contribution in [0.2, 0.25) is 0 Å². The van der Waals surface area contributed by atoms with E-state index >= 15 is 0 Å². The van der Waals surface area contributed by atoms with Gasteiger partial charge in [0.2, 0.25) is 0 Å². The normalized spacial score (nSPS) is 21.7. The third-order valence-electron chi connectivity index (χ3n) is 3.47. The van der Waals surface area contributed by atoms with Crippen LogP contribution in [0.4, 0.5) is 5.69 Å². The Bertz CT molecular complexity index is 436. The standard InChI is InChI=1S/C14H19BrN2O/c1-11-9-16(2)6-3-7-17(11)14-5-4-13(15)8-12(14)10-18/h4-5,8,10-11H,3,6-7,9H2,1-2H3. The Morgan fingerprint density at radius 2 is 2.17 bits per heavy atom. The highest BCUT2D eigenvalue weighted by Gasteiger charge is 2.21. The van der Waals surface area contributed by atoms with Crippen LogP contribution in [0.1, 0.15) is 23.7 Å². The van der Waals surface area contributed by atoms with Gasteiger partial charge >= 0.3 is 0 Å². The molecule has 1 unspecified atom stereocenters. The molecule has 0 aliphatic carbocycles. The summed E-state index contributed by atoms with van der Waals surface area (Å²) in [6, 6.07) is 6.36. The largest absolute Gasteiger partial charge is 0.367 e. The molecule has 2 rings (SSSR count). The van der Waals surface area contributed by atoms with Crippen molar-refractivity contribution in [1.82, 2.24) is 4.90 Å². The SMILES string of the molecule is CC1CN(C)CCCN1c1ccc(Br)cc1C=O. The zero-order valence-corrected chi connectivity index (χ0v) is 12.5. The second-order valence-electron chi connectivity index (χ2n) is 4.98. The van der Waals surface area contributed by atoms with Gasteiger partial charge < -0.3 is 9.80 Å². The minimum Gasteiger partial charge on any atom is -0.367 e. The average molecular weight is 311 g/mol. The molecular weight excluding hydrogens is 292 g/mol. The lowest BCUT2D eigenvalue weighted by atomic mass is 10.1. The van der Waals surface area contributed by atoms with Crippen molar-refractivity contribution in [3.05, 3.63) is 28.2 Å². The minimum atomic E-state index is 0.428. The molecule has 18 heavy (non-hydrogen) atoms. The fraction of sp³-hybridized carbons (Fsp3) is 0.500. The van der Waals surface area contributed by atoms with Crippen LogP contribution in [0.5, 0.6) is 0 Å². The molecule has 1 aromatic rings. The average Bonchev–Trinajstić information content (AvgIpc) is 2.50. The van der Waals surface area contributed by atoms with Gasteiger partial charge in [0.05, 0.1) is 0 Å². The highest BCUT2D eigenvalue weighted by atomic mass is 79.9. The molecule has 1 aliphatic heterocycles. The summed E-state index contributed by atoms with van der Waals surface area (Å²) in [5, 5.41) is 0. The van der Waals surface area contributed by atoms with Crippen LogP contribution in [0.15, 0.2) is 22.7 Å². The molecule has 3 nitrogen and oxygen atoms in total. The number of carbonyl (C=O) groups excluding carboxylic acids is 1. The van der Waals surface area contributed by atoms with E-state index in [0.717, 1.165) is 48.1 Å². The molecule has 4 heteroatoms. The summed E-state index contributed by atoms with van der Waals surface area (Å²) in [5.41, 5.74) is 1.82. The van der Waals surface area contributed by atoms with E-state index in [1.165, 1.54) is 0 Å². The summed E-state index contributed by atoms with van der Waals surface area (Å²) < 4.78 is 0.952. The molecule has 0 saturated carbocycles. The fourth-order valence-corrected chi connectivity index (χ4v) is 2.99. The third kappa shape index (κ3) is 2.93. The molecule has 0 spiro atoms. The molecule has 1 heterocycles. The van der Waals surface area contributed by atoms with E-state index in [1.54, 1.807) is 0 Å². The molecule has 1 saturated heterocycles. The molecule has 98 valence electrons.